The number of aliphatic imine (C=N–C) groups is 1. The molecule has 0 spiro atoms. The van der Waals surface area contributed by atoms with Gasteiger partial charge in [-0.05, 0) is 118 Å². The van der Waals surface area contributed by atoms with Crippen LogP contribution >= 0.6 is 0 Å². The van der Waals surface area contributed by atoms with E-state index in [4.69, 9.17) is 10.7 Å². The van der Waals surface area contributed by atoms with Gasteiger partial charge in [0.1, 0.15) is 5.84 Å². The fraction of sp³-hybridized carbons (Fsp3) is 0.121. The van der Waals surface area contributed by atoms with Gasteiger partial charge in [0.2, 0.25) is 0 Å². The molecule has 0 aliphatic heterocycles. The van der Waals surface area contributed by atoms with Gasteiger partial charge >= 0.3 is 0 Å². The minimum Gasteiger partial charge on any atom is -0.383 e. The average molecular weight is 771 g/mol. The summed E-state index contributed by atoms with van der Waals surface area (Å²) in [4.78, 5) is 5.19. The monoisotopic (exact) mass is 770 g/mol. The summed E-state index contributed by atoms with van der Waals surface area (Å²) in [6.45, 7) is 9.50. The van der Waals surface area contributed by atoms with E-state index in [1.54, 1.807) is 0 Å². The highest BCUT2D eigenvalue weighted by molar-refractivity contribution is 6.18. The molecule has 0 fully saturated rings. The maximum atomic E-state index is 6.81. The molecule has 0 bridgehead atoms. The summed E-state index contributed by atoms with van der Waals surface area (Å²) in [5.74, 6) is 0.500. The van der Waals surface area contributed by atoms with Gasteiger partial charge in [-0.15, -0.1) is 0 Å². The lowest BCUT2D eigenvalue weighted by Crippen LogP contribution is -2.16. The summed E-state index contributed by atoms with van der Waals surface area (Å²) in [6.07, 6.45) is 2.97. The molecule has 2 aliphatic carbocycles. The van der Waals surface area contributed by atoms with Crippen molar-refractivity contribution in [3.63, 3.8) is 0 Å². The summed E-state index contributed by atoms with van der Waals surface area (Å²) in [5, 5.41) is 7.83. The maximum absolute atomic E-state index is 6.81. The molecule has 2 aliphatic rings. The second-order valence-corrected chi connectivity index (χ2v) is 17.7. The van der Waals surface area contributed by atoms with Crippen LogP contribution in [0, 0.1) is 0 Å². The minimum absolute atomic E-state index is 0.117. The van der Waals surface area contributed by atoms with Gasteiger partial charge in [0, 0.05) is 22.0 Å². The Bertz CT molecular complexity index is 3290. The van der Waals surface area contributed by atoms with Crippen molar-refractivity contribution < 1.29 is 0 Å². The Labute approximate surface area is 352 Å². The third-order valence-corrected chi connectivity index (χ3v) is 13.5. The molecule has 9 aromatic rings. The van der Waals surface area contributed by atoms with Crippen LogP contribution in [-0.4, -0.2) is 5.84 Å². The summed E-state index contributed by atoms with van der Waals surface area (Å²) < 4.78 is 0. The Kier molecular flexibility index (Phi) is 8.12. The van der Waals surface area contributed by atoms with Crippen LogP contribution in [0.2, 0.25) is 0 Å². The standard InChI is InChI=1S/C58H46N2/c1-57(2)49-27-15-26-42(53(49)48-34-38-18-8-9-19-39(38)35-51(48)57)40-20-14-21-41(33-40)52(60-56(59)37-16-6-5-7-17-37)31-29-36-28-30-47-50(32-36)58(3,4)55-46-25-13-11-23-44(46)43-22-10-12-24-45(43)54(47)55/h5-28,30-35H,29H2,1-4H3,(H2,59,60)/b52-31-. The molecule has 0 heterocycles. The molecule has 0 saturated heterocycles. The van der Waals surface area contributed by atoms with E-state index in [0.717, 1.165) is 22.4 Å². The van der Waals surface area contributed by atoms with Gasteiger partial charge in [-0.2, -0.15) is 0 Å². The number of amidine groups is 1. The van der Waals surface area contributed by atoms with E-state index in [-0.39, 0.29) is 10.8 Å². The lowest BCUT2D eigenvalue weighted by molar-refractivity contribution is 0.661. The van der Waals surface area contributed by atoms with Crippen molar-refractivity contribution >= 4 is 43.9 Å². The second-order valence-electron chi connectivity index (χ2n) is 17.7. The van der Waals surface area contributed by atoms with E-state index in [9.17, 15) is 0 Å². The fourth-order valence-electron chi connectivity index (χ4n) is 10.5. The third-order valence-electron chi connectivity index (χ3n) is 13.5. The topological polar surface area (TPSA) is 38.4 Å². The van der Waals surface area contributed by atoms with Crippen LogP contribution in [0.1, 0.15) is 66.6 Å². The fourth-order valence-corrected chi connectivity index (χ4v) is 10.5. The summed E-state index contributed by atoms with van der Waals surface area (Å²) in [7, 11) is 0. The van der Waals surface area contributed by atoms with Crippen LogP contribution in [0.25, 0.3) is 71.4 Å². The number of nitrogens with zero attached hydrogens (tertiary/aromatic N) is 1. The molecular formula is C58H46N2. The quantitative estimate of drug-likeness (QED) is 0.102. The highest BCUT2D eigenvalue weighted by atomic mass is 14.9. The number of fused-ring (bicyclic) bond motifs is 12. The number of hydrogen-bond acceptors (Lipinski definition) is 1. The zero-order valence-corrected chi connectivity index (χ0v) is 34.6. The van der Waals surface area contributed by atoms with Crippen molar-refractivity contribution in [3.05, 3.63) is 221 Å². The first kappa shape index (κ1) is 36.1. The molecule has 60 heavy (non-hydrogen) atoms. The second kappa shape index (κ2) is 13.5. The first-order chi connectivity index (χ1) is 29.2. The third kappa shape index (κ3) is 5.51. The zero-order valence-electron chi connectivity index (χ0n) is 34.6. The Hall–Kier alpha value is -7.03. The van der Waals surface area contributed by atoms with Crippen molar-refractivity contribution in [2.24, 2.45) is 10.7 Å². The normalized spacial score (nSPS) is 14.9. The summed E-state index contributed by atoms with van der Waals surface area (Å²) in [6, 6.07) is 64.2. The number of hydrogen-bond donors (Lipinski definition) is 1. The van der Waals surface area contributed by atoms with Crippen LogP contribution in [-0.2, 0) is 17.3 Å². The molecule has 0 amide bonds. The van der Waals surface area contributed by atoms with Crippen LogP contribution in [0.3, 0.4) is 0 Å². The predicted molar refractivity (Wildman–Crippen MR) is 255 cm³/mol. The molecular weight excluding hydrogens is 725 g/mol. The van der Waals surface area contributed by atoms with E-state index in [2.05, 4.69) is 179 Å². The van der Waals surface area contributed by atoms with Gasteiger partial charge in [0.05, 0.1) is 5.70 Å². The molecule has 2 nitrogen and oxygen atoms in total. The summed E-state index contributed by atoms with van der Waals surface area (Å²) in [5.41, 5.74) is 23.8. The van der Waals surface area contributed by atoms with Gasteiger partial charge in [0.25, 0.3) is 0 Å². The van der Waals surface area contributed by atoms with Gasteiger partial charge < -0.3 is 5.73 Å². The van der Waals surface area contributed by atoms with E-state index < -0.39 is 0 Å². The molecule has 0 saturated carbocycles. The largest absolute Gasteiger partial charge is 0.383 e. The number of benzene rings is 9. The van der Waals surface area contributed by atoms with Crippen LogP contribution < -0.4 is 5.73 Å². The molecule has 0 atom stereocenters. The minimum atomic E-state index is -0.170. The van der Waals surface area contributed by atoms with Crippen LogP contribution in [0.4, 0.5) is 0 Å². The lowest BCUT2D eigenvalue weighted by Gasteiger charge is -2.24. The highest BCUT2D eigenvalue weighted by Crippen LogP contribution is 2.55. The molecule has 288 valence electrons. The predicted octanol–water partition coefficient (Wildman–Crippen LogP) is 14.4. The smallest absolute Gasteiger partial charge is 0.131 e. The molecule has 11 rings (SSSR count). The Morgan fingerprint density at radius 2 is 1.12 bits per heavy atom. The molecule has 0 unspecified atom stereocenters. The van der Waals surface area contributed by atoms with Crippen molar-refractivity contribution in [2.45, 2.75) is 44.9 Å². The summed E-state index contributed by atoms with van der Waals surface area (Å²) >= 11 is 0. The van der Waals surface area contributed by atoms with E-state index in [1.165, 1.54) is 88.0 Å². The molecule has 0 radical (unpaired) electrons. The molecule has 0 aromatic heterocycles. The van der Waals surface area contributed by atoms with Crippen molar-refractivity contribution in [1.29, 1.82) is 0 Å². The number of allylic oxidation sites excluding steroid dienone is 1. The Morgan fingerprint density at radius 3 is 1.90 bits per heavy atom. The van der Waals surface area contributed by atoms with Crippen molar-refractivity contribution in [2.75, 3.05) is 0 Å². The van der Waals surface area contributed by atoms with Gasteiger partial charge in [-0.1, -0.05) is 191 Å². The van der Waals surface area contributed by atoms with Crippen molar-refractivity contribution in [1.82, 2.24) is 0 Å². The average Bonchev–Trinajstić information content (AvgIpc) is 3.66. The Morgan fingerprint density at radius 1 is 0.483 bits per heavy atom. The molecule has 2 N–H and O–H groups in total. The first-order valence-electron chi connectivity index (χ1n) is 21.1. The highest BCUT2D eigenvalue weighted by Gasteiger charge is 2.39. The van der Waals surface area contributed by atoms with E-state index >= 15 is 0 Å². The van der Waals surface area contributed by atoms with Gasteiger partial charge in [-0.3, -0.25) is 0 Å². The number of nitrogens with two attached hydrogens (primary N) is 1. The van der Waals surface area contributed by atoms with Gasteiger partial charge in [0.15, 0.2) is 0 Å². The first-order valence-corrected chi connectivity index (χ1v) is 21.1. The van der Waals surface area contributed by atoms with E-state index in [1.807, 2.05) is 30.3 Å². The van der Waals surface area contributed by atoms with E-state index in [0.29, 0.717) is 12.3 Å². The molecule has 2 heteroatoms. The number of rotatable bonds is 6. The SMILES string of the molecule is CC1(C)c2cc3ccccc3cc2-c2c(-c3cccc(/C(=C/Cc4ccc5c(c4)C(C)(C)c4c-5c5ccccc5c5ccccc45)N=C(N)c4ccccc4)c3)cccc21. The molecule has 9 aromatic carbocycles. The lowest BCUT2D eigenvalue weighted by atomic mass is 9.79. The van der Waals surface area contributed by atoms with Gasteiger partial charge in [-0.25, -0.2) is 4.99 Å². The van der Waals surface area contributed by atoms with Crippen LogP contribution in [0.15, 0.2) is 187 Å². The Balaban J connectivity index is 1.02. The van der Waals surface area contributed by atoms with Crippen LogP contribution in [0.5, 0.6) is 0 Å². The maximum Gasteiger partial charge on any atom is 0.131 e. The van der Waals surface area contributed by atoms with Crippen molar-refractivity contribution in [3.8, 4) is 33.4 Å². The zero-order chi connectivity index (χ0) is 40.8.